The van der Waals surface area contributed by atoms with E-state index in [2.05, 4.69) is 44.4 Å². The van der Waals surface area contributed by atoms with Gasteiger partial charge in [-0.25, -0.2) is 4.98 Å². The first-order valence-corrected chi connectivity index (χ1v) is 7.54. The number of nitrogens with zero attached hydrogens (tertiary/aromatic N) is 1. The van der Waals surface area contributed by atoms with Gasteiger partial charge < -0.3 is 5.32 Å². The summed E-state index contributed by atoms with van der Waals surface area (Å²) in [7, 11) is 0. The van der Waals surface area contributed by atoms with E-state index in [4.69, 9.17) is 0 Å². The minimum Gasteiger partial charge on any atom is -0.344 e. The van der Waals surface area contributed by atoms with E-state index in [1.807, 2.05) is 18.2 Å². The predicted octanol–water partition coefficient (Wildman–Crippen LogP) is 3.65. The van der Waals surface area contributed by atoms with Crippen LogP contribution in [0.5, 0.6) is 0 Å². The average Bonchev–Trinajstić information content (AvgIpc) is 2.47. The number of rotatable bonds is 2. The summed E-state index contributed by atoms with van der Waals surface area (Å²) in [4.78, 5) is 16.5. The lowest BCUT2D eigenvalue weighted by Crippen LogP contribution is -2.31. The Kier molecular flexibility index (Phi) is 3.83. The standard InChI is InChI=1S/C16H15BrN2O/c17-15-10-4-9-14(18-15)16(20)19-13-8-3-6-11-5-1-2-7-12(11)13/h1-2,4-5,7,9-10,13H,3,6,8H2,(H,19,20). The van der Waals surface area contributed by atoms with Crippen molar-refractivity contribution in [2.24, 2.45) is 0 Å². The highest BCUT2D eigenvalue weighted by molar-refractivity contribution is 9.10. The molecule has 3 nitrogen and oxygen atoms in total. The van der Waals surface area contributed by atoms with Crippen molar-refractivity contribution in [3.05, 3.63) is 63.9 Å². The summed E-state index contributed by atoms with van der Waals surface area (Å²) in [5, 5.41) is 3.10. The summed E-state index contributed by atoms with van der Waals surface area (Å²) in [5.74, 6) is -0.118. The quantitative estimate of drug-likeness (QED) is 0.854. The molecule has 4 heteroatoms. The van der Waals surface area contributed by atoms with Crippen molar-refractivity contribution in [3.63, 3.8) is 0 Å². The van der Waals surface area contributed by atoms with Gasteiger partial charge in [0.2, 0.25) is 0 Å². The molecule has 1 amide bonds. The highest BCUT2D eigenvalue weighted by Crippen LogP contribution is 2.29. The fourth-order valence-corrected chi connectivity index (χ4v) is 3.01. The van der Waals surface area contributed by atoms with Gasteiger partial charge in [0.25, 0.3) is 5.91 Å². The van der Waals surface area contributed by atoms with Gasteiger partial charge in [0.1, 0.15) is 10.3 Å². The molecule has 1 unspecified atom stereocenters. The highest BCUT2D eigenvalue weighted by atomic mass is 79.9. The number of hydrogen-bond donors (Lipinski definition) is 1. The predicted molar refractivity (Wildman–Crippen MR) is 81.5 cm³/mol. The van der Waals surface area contributed by atoms with Crippen molar-refractivity contribution in [3.8, 4) is 0 Å². The van der Waals surface area contributed by atoms with Crippen molar-refractivity contribution in [1.29, 1.82) is 0 Å². The summed E-state index contributed by atoms with van der Waals surface area (Å²) >= 11 is 3.29. The van der Waals surface area contributed by atoms with E-state index in [1.165, 1.54) is 11.1 Å². The molecule has 0 fully saturated rings. The maximum Gasteiger partial charge on any atom is 0.270 e. The first kappa shape index (κ1) is 13.3. The molecule has 2 aromatic rings. The smallest absolute Gasteiger partial charge is 0.270 e. The fourth-order valence-electron chi connectivity index (χ4n) is 2.67. The van der Waals surface area contributed by atoms with Crippen LogP contribution >= 0.6 is 15.9 Å². The van der Waals surface area contributed by atoms with Crippen LogP contribution in [0.15, 0.2) is 47.1 Å². The zero-order valence-electron chi connectivity index (χ0n) is 11.0. The van der Waals surface area contributed by atoms with E-state index in [0.29, 0.717) is 10.3 Å². The van der Waals surface area contributed by atoms with E-state index in [0.717, 1.165) is 19.3 Å². The molecule has 1 atom stereocenters. The fraction of sp³-hybridized carbons (Fsp3) is 0.250. The van der Waals surface area contributed by atoms with E-state index in [-0.39, 0.29) is 11.9 Å². The molecule has 0 spiro atoms. The topological polar surface area (TPSA) is 42.0 Å². The van der Waals surface area contributed by atoms with Gasteiger partial charge in [0, 0.05) is 0 Å². The lowest BCUT2D eigenvalue weighted by molar-refractivity contribution is 0.0927. The third-order valence-corrected chi connectivity index (χ3v) is 4.06. The van der Waals surface area contributed by atoms with Crippen molar-refractivity contribution >= 4 is 21.8 Å². The molecule has 0 saturated carbocycles. The van der Waals surface area contributed by atoms with Crippen molar-refractivity contribution in [2.75, 3.05) is 0 Å². The van der Waals surface area contributed by atoms with Gasteiger partial charge in [-0.3, -0.25) is 4.79 Å². The van der Waals surface area contributed by atoms with Crippen molar-refractivity contribution in [2.45, 2.75) is 25.3 Å². The molecule has 1 aliphatic carbocycles. The van der Waals surface area contributed by atoms with Crippen LogP contribution in [0, 0.1) is 0 Å². The van der Waals surface area contributed by atoms with Gasteiger partial charge in [-0.2, -0.15) is 0 Å². The van der Waals surface area contributed by atoms with Gasteiger partial charge in [-0.15, -0.1) is 0 Å². The number of amides is 1. The molecule has 1 heterocycles. The van der Waals surface area contributed by atoms with Crippen LogP contribution in [0.1, 0.15) is 40.5 Å². The minimum absolute atomic E-state index is 0.0910. The Balaban J connectivity index is 1.81. The Hall–Kier alpha value is -1.68. The number of halogens is 1. The molecule has 0 saturated heterocycles. The minimum atomic E-state index is -0.118. The molecule has 0 aliphatic heterocycles. The van der Waals surface area contributed by atoms with Crippen molar-refractivity contribution in [1.82, 2.24) is 10.3 Å². The molecule has 1 N–H and O–H groups in total. The molecule has 0 radical (unpaired) electrons. The van der Waals surface area contributed by atoms with E-state index >= 15 is 0 Å². The molecule has 3 rings (SSSR count). The van der Waals surface area contributed by atoms with Crippen molar-refractivity contribution < 1.29 is 4.79 Å². The van der Waals surface area contributed by atoms with Gasteiger partial charge in [-0.1, -0.05) is 30.3 Å². The van der Waals surface area contributed by atoms with Gasteiger partial charge in [0.05, 0.1) is 6.04 Å². The maximum atomic E-state index is 12.3. The summed E-state index contributed by atoms with van der Waals surface area (Å²) in [5.41, 5.74) is 3.02. The van der Waals surface area contributed by atoms with Crippen LogP contribution in [-0.4, -0.2) is 10.9 Å². The second kappa shape index (κ2) is 5.75. The number of nitrogens with one attached hydrogen (secondary N) is 1. The Morgan fingerprint density at radius 2 is 2.05 bits per heavy atom. The maximum absolute atomic E-state index is 12.3. The number of pyridine rings is 1. The van der Waals surface area contributed by atoms with Crippen LogP contribution in [0.4, 0.5) is 0 Å². The Bertz CT molecular complexity index is 642. The monoisotopic (exact) mass is 330 g/mol. The second-order valence-corrected chi connectivity index (χ2v) is 5.78. The van der Waals surface area contributed by atoms with Gasteiger partial charge in [-0.05, 0) is 58.5 Å². The lowest BCUT2D eigenvalue weighted by atomic mass is 9.87. The third-order valence-electron chi connectivity index (χ3n) is 3.62. The van der Waals surface area contributed by atoms with Gasteiger partial charge >= 0.3 is 0 Å². The number of fused-ring (bicyclic) bond motifs is 1. The van der Waals surface area contributed by atoms with Crippen LogP contribution < -0.4 is 5.32 Å². The summed E-state index contributed by atoms with van der Waals surface area (Å²) < 4.78 is 0.675. The molecule has 1 aliphatic rings. The summed E-state index contributed by atoms with van der Waals surface area (Å²) in [6.07, 6.45) is 3.18. The molecular formula is C16H15BrN2O. The average molecular weight is 331 g/mol. The number of aromatic nitrogens is 1. The molecule has 102 valence electrons. The summed E-state index contributed by atoms with van der Waals surface area (Å²) in [6.45, 7) is 0. The zero-order valence-corrected chi connectivity index (χ0v) is 12.6. The largest absolute Gasteiger partial charge is 0.344 e. The number of carbonyl (C=O) groups excluding carboxylic acids is 1. The number of aryl methyl sites for hydroxylation is 1. The first-order chi connectivity index (χ1) is 9.74. The normalized spacial score (nSPS) is 17.4. The Labute approximate surface area is 126 Å². The SMILES string of the molecule is O=C(NC1CCCc2ccccc21)c1cccc(Br)n1. The number of carbonyl (C=O) groups is 1. The molecule has 20 heavy (non-hydrogen) atoms. The molecular weight excluding hydrogens is 316 g/mol. The van der Waals surface area contributed by atoms with Crippen LogP contribution in [0.3, 0.4) is 0 Å². The highest BCUT2D eigenvalue weighted by Gasteiger charge is 2.22. The third kappa shape index (κ3) is 2.75. The van der Waals surface area contributed by atoms with E-state index < -0.39 is 0 Å². The van der Waals surface area contributed by atoms with E-state index in [9.17, 15) is 4.79 Å². The number of benzene rings is 1. The lowest BCUT2D eigenvalue weighted by Gasteiger charge is -2.26. The first-order valence-electron chi connectivity index (χ1n) is 6.75. The zero-order chi connectivity index (χ0) is 13.9. The van der Waals surface area contributed by atoms with E-state index in [1.54, 1.807) is 6.07 Å². The second-order valence-electron chi connectivity index (χ2n) is 4.96. The molecule has 0 bridgehead atoms. The van der Waals surface area contributed by atoms with Gasteiger partial charge in [0.15, 0.2) is 0 Å². The van der Waals surface area contributed by atoms with Crippen LogP contribution in [0.25, 0.3) is 0 Å². The number of hydrogen-bond acceptors (Lipinski definition) is 2. The Morgan fingerprint density at radius 1 is 1.20 bits per heavy atom. The Morgan fingerprint density at radius 3 is 2.90 bits per heavy atom. The summed E-state index contributed by atoms with van der Waals surface area (Å²) in [6, 6.07) is 13.8. The van der Waals surface area contributed by atoms with Crippen LogP contribution in [-0.2, 0) is 6.42 Å². The molecule has 1 aromatic carbocycles. The van der Waals surface area contributed by atoms with Crippen LogP contribution in [0.2, 0.25) is 0 Å². The molecule has 1 aromatic heterocycles.